The molecular weight excluding hydrogens is 332 g/mol. The van der Waals surface area contributed by atoms with Crippen molar-refractivity contribution in [2.24, 2.45) is 0 Å². The van der Waals surface area contributed by atoms with Crippen LogP contribution in [-0.2, 0) is 11.2 Å². The summed E-state index contributed by atoms with van der Waals surface area (Å²) in [6, 6.07) is 12.5. The van der Waals surface area contributed by atoms with Crippen LogP contribution < -0.4 is 20.3 Å². The highest BCUT2D eigenvalue weighted by Gasteiger charge is 2.12. The lowest BCUT2D eigenvalue weighted by molar-refractivity contribution is -0.121. The highest BCUT2D eigenvalue weighted by Crippen LogP contribution is 2.28. The summed E-state index contributed by atoms with van der Waals surface area (Å²) in [6.07, 6.45) is 1.07. The number of amides is 2. The Labute approximate surface area is 153 Å². The Kier molecular flexibility index (Phi) is 7.02. The van der Waals surface area contributed by atoms with E-state index in [1.807, 2.05) is 38.1 Å². The van der Waals surface area contributed by atoms with Crippen LogP contribution in [-0.4, -0.2) is 25.5 Å². The standard InChI is InChI=1S/C20H24N2O4/c1-4-11-26-17-10-9-16(12-18(17)25-3)20(24)22-21-19(23)13-15-8-6-5-7-14(15)2/h5-10,12H,4,11,13H2,1-3H3,(H,21,23)(H,22,24). The predicted octanol–water partition coefficient (Wildman–Crippen LogP) is 2.80. The molecular formula is C20H24N2O4. The van der Waals surface area contributed by atoms with E-state index in [1.54, 1.807) is 18.2 Å². The number of rotatable bonds is 7. The van der Waals surface area contributed by atoms with E-state index >= 15 is 0 Å². The monoisotopic (exact) mass is 356 g/mol. The zero-order valence-corrected chi connectivity index (χ0v) is 15.3. The Hall–Kier alpha value is -3.02. The Morgan fingerprint density at radius 3 is 2.50 bits per heavy atom. The molecule has 2 amide bonds. The number of hydrogen-bond donors (Lipinski definition) is 2. The first-order chi connectivity index (χ1) is 12.5. The molecule has 0 saturated carbocycles. The third-order valence-electron chi connectivity index (χ3n) is 3.82. The van der Waals surface area contributed by atoms with Crippen LogP contribution in [0.15, 0.2) is 42.5 Å². The van der Waals surface area contributed by atoms with E-state index in [1.165, 1.54) is 7.11 Å². The van der Waals surface area contributed by atoms with Crippen LogP contribution in [0.4, 0.5) is 0 Å². The molecule has 26 heavy (non-hydrogen) atoms. The SMILES string of the molecule is CCCOc1ccc(C(=O)NNC(=O)Cc2ccccc2C)cc1OC. The Morgan fingerprint density at radius 1 is 1.04 bits per heavy atom. The van der Waals surface area contributed by atoms with Crippen molar-refractivity contribution >= 4 is 11.8 Å². The number of hydrogen-bond acceptors (Lipinski definition) is 4. The van der Waals surface area contributed by atoms with Gasteiger partial charge in [-0.2, -0.15) is 0 Å². The molecule has 2 rings (SSSR count). The first-order valence-corrected chi connectivity index (χ1v) is 8.49. The van der Waals surface area contributed by atoms with Gasteiger partial charge in [-0.25, -0.2) is 0 Å². The minimum Gasteiger partial charge on any atom is -0.493 e. The number of ether oxygens (including phenoxy) is 2. The second-order valence-electron chi connectivity index (χ2n) is 5.82. The Morgan fingerprint density at radius 2 is 1.81 bits per heavy atom. The summed E-state index contributed by atoms with van der Waals surface area (Å²) >= 11 is 0. The lowest BCUT2D eigenvalue weighted by Crippen LogP contribution is -2.42. The van der Waals surface area contributed by atoms with Crippen molar-refractivity contribution < 1.29 is 19.1 Å². The van der Waals surface area contributed by atoms with Crippen LogP contribution in [0, 0.1) is 6.92 Å². The quantitative estimate of drug-likeness (QED) is 0.748. The number of benzene rings is 2. The number of carbonyl (C=O) groups excluding carboxylic acids is 2. The molecule has 0 aliphatic rings. The van der Waals surface area contributed by atoms with Crippen molar-refractivity contribution in [2.45, 2.75) is 26.7 Å². The largest absolute Gasteiger partial charge is 0.493 e. The van der Waals surface area contributed by atoms with Crippen LogP contribution in [0.3, 0.4) is 0 Å². The fraction of sp³-hybridized carbons (Fsp3) is 0.300. The van der Waals surface area contributed by atoms with Crippen molar-refractivity contribution in [3.05, 3.63) is 59.2 Å². The van der Waals surface area contributed by atoms with Crippen LogP contribution in [0.5, 0.6) is 11.5 Å². The van der Waals surface area contributed by atoms with E-state index < -0.39 is 5.91 Å². The summed E-state index contributed by atoms with van der Waals surface area (Å²) in [6.45, 7) is 4.51. The molecule has 0 unspecified atom stereocenters. The summed E-state index contributed by atoms with van der Waals surface area (Å²) in [5.41, 5.74) is 7.16. The number of methoxy groups -OCH3 is 1. The van der Waals surface area contributed by atoms with Gasteiger partial charge in [0.25, 0.3) is 5.91 Å². The molecule has 2 aromatic rings. The van der Waals surface area contributed by atoms with Crippen LogP contribution in [0.25, 0.3) is 0 Å². The van der Waals surface area contributed by atoms with Gasteiger partial charge < -0.3 is 9.47 Å². The van der Waals surface area contributed by atoms with Crippen LogP contribution in [0.1, 0.15) is 34.8 Å². The van der Waals surface area contributed by atoms with Crippen LogP contribution >= 0.6 is 0 Å². The number of nitrogens with one attached hydrogen (secondary N) is 2. The molecule has 6 nitrogen and oxygen atoms in total. The van der Waals surface area contributed by atoms with Crippen LogP contribution in [0.2, 0.25) is 0 Å². The van der Waals surface area contributed by atoms with E-state index in [9.17, 15) is 9.59 Å². The molecule has 0 spiro atoms. The van der Waals surface area contributed by atoms with Gasteiger partial charge in [0.1, 0.15) is 0 Å². The molecule has 2 aromatic carbocycles. The molecule has 0 saturated heterocycles. The maximum atomic E-state index is 12.2. The summed E-state index contributed by atoms with van der Waals surface area (Å²) in [5.74, 6) is 0.331. The normalized spacial score (nSPS) is 10.1. The highest BCUT2D eigenvalue weighted by molar-refractivity contribution is 5.96. The Balaban J connectivity index is 1.94. The van der Waals surface area contributed by atoms with Gasteiger partial charge in [0.15, 0.2) is 11.5 Å². The van der Waals surface area contributed by atoms with Crippen molar-refractivity contribution in [3.63, 3.8) is 0 Å². The van der Waals surface area contributed by atoms with Crippen molar-refractivity contribution in [1.29, 1.82) is 0 Å². The van der Waals surface area contributed by atoms with Gasteiger partial charge in [0, 0.05) is 5.56 Å². The summed E-state index contributed by atoms with van der Waals surface area (Å²) in [7, 11) is 1.51. The fourth-order valence-electron chi connectivity index (χ4n) is 2.36. The lowest BCUT2D eigenvalue weighted by Gasteiger charge is -2.12. The van der Waals surface area contributed by atoms with E-state index in [2.05, 4.69) is 10.9 Å². The molecule has 0 bridgehead atoms. The Bertz CT molecular complexity index is 774. The summed E-state index contributed by atoms with van der Waals surface area (Å²) in [4.78, 5) is 24.3. The summed E-state index contributed by atoms with van der Waals surface area (Å²) < 4.78 is 10.8. The van der Waals surface area contributed by atoms with E-state index in [0.717, 1.165) is 17.5 Å². The molecule has 2 N–H and O–H groups in total. The average molecular weight is 356 g/mol. The van der Waals surface area contributed by atoms with Gasteiger partial charge in [0.2, 0.25) is 5.91 Å². The van der Waals surface area contributed by atoms with Gasteiger partial charge in [-0.05, 0) is 42.7 Å². The number of aryl methyl sites for hydroxylation is 1. The molecule has 0 heterocycles. The van der Waals surface area contributed by atoms with E-state index in [4.69, 9.17) is 9.47 Å². The maximum absolute atomic E-state index is 12.2. The predicted molar refractivity (Wildman–Crippen MR) is 99.3 cm³/mol. The molecule has 0 radical (unpaired) electrons. The van der Waals surface area contributed by atoms with Crippen molar-refractivity contribution in [2.75, 3.05) is 13.7 Å². The highest BCUT2D eigenvalue weighted by atomic mass is 16.5. The molecule has 138 valence electrons. The van der Waals surface area contributed by atoms with Crippen molar-refractivity contribution in [1.82, 2.24) is 10.9 Å². The minimum atomic E-state index is -0.427. The molecule has 0 aromatic heterocycles. The smallest absolute Gasteiger partial charge is 0.269 e. The third kappa shape index (κ3) is 5.24. The van der Waals surface area contributed by atoms with Gasteiger partial charge in [-0.15, -0.1) is 0 Å². The third-order valence-corrected chi connectivity index (χ3v) is 3.82. The average Bonchev–Trinajstić information content (AvgIpc) is 2.66. The van der Waals surface area contributed by atoms with Crippen molar-refractivity contribution in [3.8, 4) is 11.5 Å². The first kappa shape index (κ1) is 19.3. The molecule has 0 aliphatic heterocycles. The zero-order chi connectivity index (χ0) is 18.9. The second kappa shape index (κ2) is 9.46. The summed E-state index contributed by atoms with van der Waals surface area (Å²) in [5, 5.41) is 0. The number of carbonyl (C=O) groups is 2. The van der Waals surface area contributed by atoms with Gasteiger partial charge in [0.05, 0.1) is 20.1 Å². The molecule has 0 aliphatic carbocycles. The fourth-order valence-corrected chi connectivity index (χ4v) is 2.36. The first-order valence-electron chi connectivity index (χ1n) is 8.49. The second-order valence-corrected chi connectivity index (χ2v) is 5.82. The number of hydrazine groups is 1. The molecule has 0 fully saturated rings. The van der Waals surface area contributed by atoms with Gasteiger partial charge >= 0.3 is 0 Å². The lowest BCUT2D eigenvalue weighted by atomic mass is 10.1. The van der Waals surface area contributed by atoms with E-state index in [0.29, 0.717) is 23.7 Å². The van der Waals surface area contributed by atoms with E-state index in [-0.39, 0.29) is 12.3 Å². The topological polar surface area (TPSA) is 76.7 Å². The maximum Gasteiger partial charge on any atom is 0.269 e. The molecule has 6 heteroatoms. The van der Waals surface area contributed by atoms with Gasteiger partial charge in [-0.1, -0.05) is 31.2 Å². The van der Waals surface area contributed by atoms with Gasteiger partial charge in [-0.3, -0.25) is 20.4 Å². The molecule has 0 atom stereocenters. The minimum absolute atomic E-state index is 0.195. The zero-order valence-electron chi connectivity index (χ0n) is 15.3.